The first kappa shape index (κ1) is 18.5. The van der Waals surface area contributed by atoms with Crippen molar-refractivity contribution in [2.45, 2.75) is 44.8 Å². The second kappa shape index (κ2) is 6.90. The zero-order valence-electron chi connectivity index (χ0n) is 17.6. The monoisotopic (exact) mass is 415 g/mol. The molecule has 7 heteroatoms. The predicted octanol–water partition coefficient (Wildman–Crippen LogP) is 3.58. The van der Waals surface area contributed by atoms with Gasteiger partial charge in [0.2, 0.25) is 0 Å². The van der Waals surface area contributed by atoms with Gasteiger partial charge in [0.15, 0.2) is 0 Å². The van der Waals surface area contributed by atoms with Gasteiger partial charge in [-0.15, -0.1) is 0 Å². The Morgan fingerprint density at radius 3 is 2.71 bits per heavy atom. The smallest absolute Gasteiger partial charge is 0.274 e. The molecule has 4 heterocycles. The minimum Gasteiger partial charge on any atom is -0.482 e. The highest BCUT2D eigenvalue weighted by molar-refractivity contribution is 5.92. The highest BCUT2D eigenvalue weighted by Crippen LogP contribution is 2.49. The number of piperidine rings is 1. The number of nitrogens with zero attached hydrogens (tertiary/aromatic N) is 5. The first-order valence-corrected chi connectivity index (χ1v) is 11.1. The van der Waals surface area contributed by atoms with Crippen LogP contribution in [0.5, 0.6) is 5.75 Å². The van der Waals surface area contributed by atoms with Gasteiger partial charge < -0.3 is 9.64 Å². The van der Waals surface area contributed by atoms with E-state index in [4.69, 9.17) is 9.84 Å². The molecule has 3 aliphatic rings. The van der Waals surface area contributed by atoms with Gasteiger partial charge in [0, 0.05) is 56.0 Å². The minimum absolute atomic E-state index is 0.0665. The zero-order chi connectivity index (χ0) is 21.0. The molecule has 2 aromatic heterocycles. The topological polar surface area (TPSA) is 73.1 Å². The summed E-state index contributed by atoms with van der Waals surface area (Å²) in [5.74, 6) is 1.57. The highest BCUT2D eigenvalue weighted by atomic mass is 16.5. The number of fused-ring (bicyclic) bond motifs is 4. The molecular formula is C24H25N5O2. The van der Waals surface area contributed by atoms with Gasteiger partial charge in [-0.2, -0.15) is 5.10 Å². The third-order valence-electron chi connectivity index (χ3n) is 6.70. The van der Waals surface area contributed by atoms with Crippen LogP contribution in [-0.2, 0) is 12.1 Å². The molecule has 1 aliphatic carbocycles. The molecular weight excluding hydrogens is 390 g/mol. The van der Waals surface area contributed by atoms with Crippen molar-refractivity contribution < 1.29 is 9.53 Å². The summed E-state index contributed by atoms with van der Waals surface area (Å²) in [5.41, 5.74) is 4.02. The number of carbonyl (C=O) groups is 1. The SMILES string of the molecule is Cc1cnc(C(=O)N2CCC3(CC2)Oc2ccccc2-c2nn(CC4CC4)cc23)cn1. The summed E-state index contributed by atoms with van der Waals surface area (Å²) in [6, 6.07) is 8.16. The highest BCUT2D eigenvalue weighted by Gasteiger charge is 2.46. The lowest BCUT2D eigenvalue weighted by molar-refractivity contribution is -0.00186. The molecule has 2 fully saturated rings. The van der Waals surface area contributed by atoms with Gasteiger partial charge in [0.1, 0.15) is 22.7 Å². The number of hydrogen-bond donors (Lipinski definition) is 0. The Balaban J connectivity index is 1.29. The molecule has 158 valence electrons. The number of benzene rings is 1. The number of hydrogen-bond acceptors (Lipinski definition) is 5. The quantitative estimate of drug-likeness (QED) is 0.654. The number of aromatic nitrogens is 4. The summed E-state index contributed by atoms with van der Waals surface area (Å²) in [6.45, 7) is 4.07. The molecule has 1 saturated carbocycles. The third-order valence-corrected chi connectivity index (χ3v) is 6.70. The molecule has 0 atom stereocenters. The fourth-order valence-electron chi connectivity index (χ4n) is 4.74. The maximum Gasteiger partial charge on any atom is 0.274 e. The van der Waals surface area contributed by atoms with Crippen molar-refractivity contribution in [1.29, 1.82) is 0 Å². The Hall–Kier alpha value is -3.22. The van der Waals surface area contributed by atoms with Crippen molar-refractivity contribution in [2.75, 3.05) is 13.1 Å². The number of carbonyl (C=O) groups excluding carboxylic acids is 1. The first-order valence-electron chi connectivity index (χ1n) is 11.1. The van der Waals surface area contributed by atoms with Crippen LogP contribution in [0.1, 0.15) is 47.4 Å². The number of likely N-dealkylation sites (tertiary alicyclic amines) is 1. The van der Waals surface area contributed by atoms with E-state index >= 15 is 0 Å². The lowest BCUT2D eigenvalue weighted by Gasteiger charge is -2.44. The summed E-state index contributed by atoms with van der Waals surface area (Å²) in [5, 5.41) is 4.97. The maximum absolute atomic E-state index is 12.9. The normalized spacial score (nSPS) is 18.9. The molecule has 2 aliphatic heterocycles. The fourth-order valence-corrected chi connectivity index (χ4v) is 4.74. The van der Waals surface area contributed by atoms with E-state index < -0.39 is 5.60 Å². The van der Waals surface area contributed by atoms with E-state index in [-0.39, 0.29) is 5.91 Å². The van der Waals surface area contributed by atoms with Crippen molar-refractivity contribution in [3.63, 3.8) is 0 Å². The van der Waals surface area contributed by atoms with E-state index in [2.05, 4.69) is 26.9 Å². The van der Waals surface area contributed by atoms with E-state index in [9.17, 15) is 4.79 Å². The molecule has 31 heavy (non-hydrogen) atoms. The van der Waals surface area contributed by atoms with Crippen LogP contribution in [0.2, 0.25) is 0 Å². The number of ether oxygens (including phenoxy) is 1. The minimum atomic E-state index is -0.443. The second-order valence-electron chi connectivity index (χ2n) is 8.98. The van der Waals surface area contributed by atoms with Gasteiger partial charge in [-0.1, -0.05) is 12.1 Å². The van der Waals surface area contributed by atoms with Crippen LogP contribution in [-0.4, -0.2) is 43.6 Å². The van der Waals surface area contributed by atoms with Gasteiger partial charge in [0.25, 0.3) is 5.91 Å². The van der Waals surface area contributed by atoms with Crippen LogP contribution in [0.4, 0.5) is 0 Å². The van der Waals surface area contributed by atoms with Crippen molar-refractivity contribution in [3.8, 4) is 17.0 Å². The van der Waals surface area contributed by atoms with Gasteiger partial charge >= 0.3 is 0 Å². The molecule has 0 bridgehead atoms. The molecule has 0 radical (unpaired) electrons. The Kier molecular flexibility index (Phi) is 4.13. The van der Waals surface area contributed by atoms with Gasteiger partial charge in [-0.3, -0.25) is 14.5 Å². The maximum atomic E-state index is 12.9. The van der Waals surface area contributed by atoms with Crippen molar-refractivity contribution in [3.05, 3.63) is 59.8 Å². The summed E-state index contributed by atoms with van der Waals surface area (Å²) in [7, 11) is 0. The van der Waals surface area contributed by atoms with E-state index in [1.807, 2.05) is 30.0 Å². The van der Waals surface area contributed by atoms with Gasteiger partial charge in [0.05, 0.1) is 11.9 Å². The Labute approximate surface area is 181 Å². The summed E-state index contributed by atoms with van der Waals surface area (Å²) in [4.78, 5) is 23.3. The molecule has 3 aromatic rings. The van der Waals surface area contributed by atoms with Crippen LogP contribution in [0, 0.1) is 12.8 Å². The van der Waals surface area contributed by atoms with Crippen LogP contribution >= 0.6 is 0 Å². The lowest BCUT2D eigenvalue weighted by Crippen LogP contribution is -2.49. The molecule has 1 spiro atoms. The average molecular weight is 415 g/mol. The molecule has 1 amide bonds. The Morgan fingerprint density at radius 2 is 1.97 bits per heavy atom. The van der Waals surface area contributed by atoms with Crippen molar-refractivity contribution in [1.82, 2.24) is 24.6 Å². The average Bonchev–Trinajstić information content (AvgIpc) is 3.50. The summed E-state index contributed by atoms with van der Waals surface area (Å²) in [6.07, 6.45) is 9.44. The molecule has 6 rings (SSSR count). The number of aryl methyl sites for hydroxylation is 1. The fraction of sp³-hybridized carbons (Fsp3) is 0.417. The van der Waals surface area contributed by atoms with Crippen LogP contribution in [0.3, 0.4) is 0 Å². The largest absolute Gasteiger partial charge is 0.482 e. The van der Waals surface area contributed by atoms with Crippen molar-refractivity contribution >= 4 is 5.91 Å². The number of amides is 1. The Bertz CT molecular complexity index is 1140. The van der Waals surface area contributed by atoms with Crippen molar-refractivity contribution in [2.24, 2.45) is 5.92 Å². The number of para-hydroxylation sites is 1. The van der Waals surface area contributed by atoms with Crippen LogP contribution in [0.25, 0.3) is 11.3 Å². The van der Waals surface area contributed by atoms with E-state index in [0.717, 1.165) is 53.6 Å². The Morgan fingerprint density at radius 1 is 1.16 bits per heavy atom. The van der Waals surface area contributed by atoms with E-state index in [1.54, 1.807) is 12.4 Å². The lowest BCUT2D eigenvalue weighted by atomic mass is 9.81. The molecule has 0 unspecified atom stereocenters. The van der Waals surface area contributed by atoms with Gasteiger partial charge in [-0.25, -0.2) is 4.98 Å². The molecule has 1 saturated heterocycles. The van der Waals surface area contributed by atoms with Gasteiger partial charge in [-0.05, 0) is 37.8 Å². The first-order chi connectivity index (χ1) is 15.1. The molecule has 7 nitrogen and oxygen atoms in total. The second-order valence-corrected chi connectivity index (χ2v) is 8.98. The van der Waals surface area contributed by atoms with Crippen LogP contribution < -0.4 is 4.74 Å². The molecule has 1 aromatic carbocycles. The summed E-state index contributed by atoms with van der Waals surface area (Å²) < 4.78 is 8.76. The van der Waals surface area contributed by atoms with Crippen LogP contribution in [0.15, 0.2) is 42.9 Å². The molecule has 0 N–H and O–H groups in total. The zero-order valence-corrected chi connectivity index (χ0v) is 17.6. The summed E-state index contributed by atoms with van der Waals surface area (Å²) >= 11 is 0. The van der Waals surface area contributed by atoms with E-state index in [0.29, 0.717) is 18.8 Å². The standard InChI is InChI=1S/C24H25N5O2/c1-16-12-26-20(13-25-16)23(30)28-10-8-24(9-11-28)19-15-29(14-17-6-7-17)27-22(19)18-4-2-3-5-21(18)31-24/h2-5,12-13,15,17H,6-11,14H2,1H3. The predicted molar refractivity (Wildman–Crippen MR) is 115 cm³/mol. The number of rotatable bonds is 3. The third kappa shape index (κ3) is 3.19. The van der Waals surface area contributed by atoms with E-state index in [1.165, 1.54) is 12.8 Å².